The van der Waals surface area contributed by atoms with Crippen LogP contribution in [0.3, 0.4) is 0 Å². The number of furan rings is 1. The second-order valence-corrected chi connectivity index (χ2v) is 7.25. The minimum absolute atomic E-state index is 0.116. The summed E-state index contributed by atoms with van der Waals surface area (Å²) >= 11 is 0. The van der Waals surface area contributed by atoms with E-state index in [1.165, 1.54) is 12.8 Å². The summed E-state index contributed by atoms with van der Waals surface area (Å²) in [4.78, 5) is 2.33. The highest BCUT2D eigenvalue weighted by atomic mass is 16.5. The van der Waals surface area contributed by atoms with Gasteiger partial charge in [0.25, 0.3) is 0 Å². The first-order chi connectivity index (χ1) is 9.92. The van der Waals surface area contributed by atoms with Gasteiger partial charge in [-0.2, -0.15) is 0 Å². The van der Waals surface area contributed by atoms with Gasteiger partial charge in [0, 0.05) is 18.7 Å². The van der Waals surface area contributed by atoms with E-state index in [4.69, 9.17) is 9.15 Å². The Labute approximate surface area is 128 Å². The third-order valence-corrected chi connectivity index (χ3v) is 3.76. The van der Waals surface area contributed by atoms with Crippen molar-refractivity contribution in [3.8, 4) is 0 Å². The summed E-state index contributed by atoms with van der Waals surface area (Å²) in [6, 6.07) is 4.17. The molecular weight excluding hydrogens is 264 g/mol. The molecule has 1 aliphatic rings. The van der Waals surface area contributed by atoms with E-state index in [0.29, 0.717) is 5.92 Å². The lowest BCUT2D eigenvalue weighted by Crippen LogP contribution is -2.34. The van der Waals surface area contributed by atoms with Crippen LogP contribution in [0.5, 0.6) is 0 Å². The molecule has 2 rings (SSSR count). The molecule has 0 saturated carbocycles. The van der Waals surface area contributed by atoms with Crippen molar-refractivity contribution in [2.75, 3.05) is 26.8 Å². The van der Waals surface area contributed by atoms with Crippen molar-refractivity contribution in [1.82, 2.24) is 10.2 Å². The van der Waals surface area contributed by atoms with Crippen molar-refractivity contribution < 1.29 is 9.15 Å². The van der Waals surface area contributed by atoms with E-state index >= 15 is 0 Å². The second-order valence-electron chi connectivity index (χ2n) is 7.25. The van der Waals surface area contributed by atoms with Crippen LogP contribution >= 0.6 is 0 Å². The van der Waals surface area contributed by atoms with Gasteiger partial charge in [0.15, 0.2) is 0 Å². The lowest BCUT2D eigenvalue weighted by molar-refractivity contribution is 0.0403. The fourth-order valence-corrected chi connectivity index (χ4v) is 2.68. The van der Waals surface area contributed by atoms with Gasteiger partial charge in [-0.25, -0.2) is 0 Å². The maximum atomic E-state index is 5.90. The Morgan fingerprint density at radius 3 is 2.71 bits per heavy atom. The maximum absolute atomic E-state index is 5.90. The van der Waals surface area contributed by atoms with Gasteiger partial charge in [-0.3, -0.25) is 4.90 Å². The normalized spacial score (nSPS) is 20.1. The van der Waals surface area contributed by atoms with Crippen molar-refractivity contribution in [3.63, 3.8) is 0 Å². The molecule has 1 fully saturated rings. The van der Waals surface area contributed by atoms with E-state index in [-0.39, 0.29) is 5.54 Å². The van der Waals surface area contributed by atoms with E-state index in [1.807, 2.05) is 0 Å². The molecule has 4 heteroatoms. The van der Waals surface area contributed by atoms with Gasteiger partial charge < -0.3 is 14.5 Å². The Bertz CT molecular complexity index is 417. The average Bonchev–Trinajstić information content (AvgIpc) is 2.84. The number of ether oxygens (including phenoxy) is 1. The highest BCUT2D eigenvalue weighted by Crippen LogP contribution is 2.16. The van der Waals surface area contributed by atoms with Crippen LogP contribution in [0.25, 0.3) is 0 Å². The van der Waals surface area contributed by atoms with Gasteiger partial charge in [0.2, 0.25) is 0 Å². The van der Waals surface area contributed by atoms with Gasteiger partial charge in [0.05, 0.1) is 19.7 Å². The van der Waals surface area contributed by atoms with Gasteiger partial charge in [-0.15, -0.1) is 0 Å². The fraction of sp³-hybridized carbons (Fsp3) is 0.765. The molecule has 0 amide bonds. The third-order valence-electron chi connectivity index (χ3n) is 3.76. The van der Waals surface area contributed by atoms with Crippen molar-refractivity contribution in [2.45, 2.75) is 52.2 Å². The van der Waals surface area contributed by atoms with Crippen LogP contribution in [-0.4, -0.2) is 37.2 Å². The molecule has 0 aliphatic carbocycles. The number of nitrogens with one attached hydrogen (secondary N) is 1. The van der Waals surface area contributed by atoms with Crippen LogP contribution in [0.15, 0.2) is 16.5 Å². The van der Waals surface area contributed by atoms with Crippen LogP contribution in [0.2, 0.25) is 0 Å². The lowest BCUT2D eigenvalue weighted by Gasteiger charge is -2.26. The summed E-state index contributed by atoms with van der Waals surface area (Å²) in [6.07, 6.45) is 2.48. The van der Waals surface area contributed by atoms with Crippen LogP contribution < -0.4 is 5.32 Å². The smallest absolute Gasteiger partial charge is 0.118 e. The lowest BCUT2D eigenvalue weighted by atomic mass is 10.0. The average molecular weight is 294 g/mol. The van der Waals surface area contributed by atoms with Crippen molar-refractivity contribution in [1.29, 1.82) is 0 Å². The fourth-order valence-electron chi connectivity index (χ4n) is 2.68. The molecule has 1 unspecified atom stereocenters. The predicted octanol–water partition coefficient (Wildman–Crippen LogP) is 3.03. The van der Waals surface area contributed by atoms with Gasteiger partial charge in [0.1, 0.15) is 11.5 Å². The predicted molar refractivity (Wildman–Crippen MR) is 85.2 cm³/mol. The summed E-state index contributed by atoms with van der Waals surface area (Å²) in [5.41, 5.74) is 0.116. The highest BCUT2D eigenvalue weighted by molar-refractivity contribution is 5.07. The van der Waals surface area contributed by atoms with E-state index in [1.54, 1.807) is 0 Å². The third kappa shape index (κ3) is 6.20. The van der Waals surface area contributed by atoms with Crippen molar-refractivity contribution in [3.05, 3.63) is 23.7 Å². The van der Waals surface area contributed by atoms with Gasteiger partial charge in [-0.1, -0.05) is 0 Å². The molecule has 21 heavy (non-hydrogen) atoms. The first kappa shape index (κ1) is 16.5. The molecular formula is C17H30N2O2. The highest BCUT2D eigenvalue weighted by Gasteiger charge is 2.17. The topological polar surface area (TPSA) is 37.6 Å². The van der Waals surface area contributed by atoms with Crippen molar-refractivity contribution in [2.24, 2.45) is 5.92 Å². The Balaban J connectivity index is 1.75. The Hall–Kier alpha value is -0.840. The summed E-state index contributed by atoms with van der Waals surface area (Å²) < 4.78 is 11.4. The summed E-state index contributed by atoms with van der Waals surface area (Å²) in [7, 11) is 2.16. The number of rotatable bonds is 6. The largest absolute Gasteiger partial charge is 0.463 e. The van der Waals surface area contributed by atoms with Crippen molar-refractivity contribution >= 4 is 0 Å². The van der Waals surface area contributed by atoms with Gasteiger partial charge in [-0.05, 0) is 58.7 Å². The summed E-state index contributed by atoms with van der Waals surface area (Å²) in [5.74, 6) is 2.72. The zero-order valence-electron chi connectivity index (χ0n) is 13.9. The summed E-state index contributed by atoms with van der Waals surface area (Å²) in [5, 5.41) is 3.45. The first-order valence-corrected chi connectivity index (χ1v) is 8.01. The molecule has 0 radical (unpaired) electrons. The molecule has 120 valence electrons. The summed E-state index contributed by atoms with van der Waals surface area (Å²) in [6.45, 7) is 11.1. The molecule has 4 nitrogen and oxygen atoms in total. The van der Waals surface area contributed by atoms with E-state index in [9.17, 15) is 0 Å². The zero-order valence-corrected chi connectivity index (χ0v) is 13.9. The Morgan fingerprint density at radius 1 is 1.29 bits per heavy atom. The molecule has 1 aromatic rings. The zero-order chi connectivity index (χ0) is 15.3. The number of nitrogens with zero attached hydrogens (tertiary/aromatic N) is 1. The van der Waals surface area contributed by atoms with Gasteiger partial charge >= 0.3 is 0 Å². The van der Waals surface area contributed by atoms with Crippen LogP contribution in [-0.2, 0) is 17.8 Å². The first-order valence-electron chi connectivity index (χ1n) is 8.01. The van der Waals surface area contributed by atoms with Crippen LogP contribution in [0.4, 0.5) is 0 Å². The minimum Gasteiger partial charge on any atom is -0.463 e. The minimum atomic E-state index is 0.116. The molecule has 0 spiro atoms. The van der Waals surface area contributed by atoms with Crippen LogP contribution in [0.1, 0.15) is 45.1 Å². The quantitative estimate of drug-likeness (QED) is 0.875. The number of hydrogen-bond donors (Lipinski definition) is 1. The molecule has 2 heterocycles. The van der Waals surface area contributed by atoms with Crippen LogP contribution in [0, 0.1) is 5.92 Å². The maximum Gasteiger partial charge on any atom is 0.118 e. The standard InChI is InChI=1S/C17H30N2O2/c1-17(2,3)18-10-15-7-8-16(21-15)12-19(4)11-14-6-5-9-20-13-14/h7-8,14,18H,5-6,9-13H2,1-4H3. The number of hydrogen-bond acceptors (Lipinski definition) is 4. The van der Waals surface area contributed by atoms with E-state index < -0.39 is 0 Å². The SMILES string of the molecule is CN(Cc1ccc(CNC(C)(C)C)o1)CC1CCCOC1. The van der Waals surface area contributed by atoms with E-state index in [0.717, 1.165) is 44.4 Å². The molecule has 1 aliphatic heterocycles. The van der Waals surface area contributed by atoms with E-state index in [2.05, 4.69) is 50.2 Å². The molecule has 0 aromatic carbocycles. The second kappa shape index (κ2) is 7.43. The molecule has 1 aromatic heterocycles. The molecule has 0 bridgehead atoms. The molecule has 1 N–H and O–H groups in total. The Kier molecular flexibility index (Phi) is 5.85. The monoisotopic (exact) mass is 294 g/mol. The molecule has 1 saturated heterocycles. The molecule has 1 atom stereocenters. The Morgan fingerprint density at radius 2 is 2.05 bits per heavy atom.